The summed E-state index contributed by atoms with van der Waals surface area (Å²) in [6.07, 6.45) is 5.60. The van der Waals surface area contributed by atoms with Gasteiger partial charge in [-0.05, 0) is 59.4 Å². The van der Waals surface area contributed by atoms with Gasteiger partial charge in [-0.2, -0.15) is 4.98 Å². The summed E-state index contributed by atoms with van der Waals surface area (Å²) in [6.45, 7) is 9.89. The SMILES string of the molecule is CNc1ncc2c(n1)N1CCN=C1C(c1cc(NC(=O)c3cc(C(C)(C)C)ccn3)ccc1C)=C2. The summed E-state index contributed by atoms with van der Waals surface area (Å²) in [5, 5.41) is 6.03. The Morgan fingerprint density at radius 2 is 1.94 bits per heavy atom. The second kappa shape index (κ2) is 8.61. The Balaban J connectivity index is 1.49. The second-order valence-electron chi connectivity index (χ2n) is 9.80. The summed E-state index contributed by atoms with van der Waals surface area (Å²) < 4.78 is 0. The molecule has 0 fully saturated rings. The van der Waals surface area contributed by atoms with Gasteiger partial charge in [0.05, 0.1) is 6.54 Å². The minimum absolute atomic E-state index is 0.0652. The minimum Gasteiger partial charge on any atom is -0.357 e. The van der Waals surface area contributed by atoms with Crippen molar-refractivity contribution in [3.63, 3.8) is 0 Å². The van der Waals surface area contributed by atoms with Crippen molar-refractivity contribution >= 4 is 40.8 Å². The molecule has 35 heavy (non-hydrogen) atoms. The second-order valence-corrected chi connectivity index (χ2v) is 9.80. The maximum atomic E-state index is 13.0. The van der Waals surface area contributed by atoms with Gasteiger partial charge in [0.25, 0.3) is 5.91 Å². The van der Waals surface area contributed by atoms with Gasteiger partial charge in [0, 0.05) is 42.8 Å². The summed E-state index contributed by atoms with van der Waals surface area (Å²) in [7, 11) is 1.81. The van der Waals surface area contributed by atoms with E-state index in [-0.39, 0.29) is 11.3 Å². The van der Waals surface area contributed by atoms with Crippen molar-refractivity contribution in [2.24, 2.45) is 4.99 Å². The molecule has 0 radical (unpaired) electrons. The number of anilines is 3. The standard InChI is InChI=1S/C27H29N7O/c1-16-6-7-19(32-25(35)22-13-18(8-9-29-22)27(2,3)4)14-20(16)21-12-17-15-31-26(28-5)33-23(17)34-11-10-30-24(21)34/h6-9,12-15H,10-11H2,1-5H3,(H,32,35)(H,28,31,33). The summed E-state index contributed by atoms with van der Waals surface area (Å²) in [4.78, 5) is 33.3. The lowest BCUT2D eigenvalue weighted by Crippen LogP contribution is -2.32. The van der Waals surface area contributed by atoms with E-state index in [2.05, 4.69) is 64.3 Å². The number of amidine groups is 1. The fourth-order valence-corrected chi connectivity index (χ4v) is 4.33. The molecule has 0 bridgehead atoms. The first-order valence-electron chi connectivity index (χ1n) is 11.7. The Morgan fingerprint density at radius 3 is 2.71 bits per heavy atom. The van der Waals surface area contributed by atoms with E-state index in [9.17, 15) is 4.79 Å². The van der Waals surface area contributed by atoms with E-state index in [0.29, 0.717) is 23.9 Å². The van der Waals surface area contributed by atoms with Crippen molar-refractivity contribution in [2.45, 2.75) is 33.1 Å². The predicted molar refractivity (Wildman–Crippen MR) is 141 cm³/mol. The number of nitrogens with zero attached hydrogens (tertiary/aromatic N) is 5. The molecule has 2 aliphatic rings. The lowest BCUT2D eigenvalue weighted by molar-refractivity contribution is 0.102. The number of rotatable bonds is 4. The number of carbonyl (C=O) groups excluding carboxylic acids is 1. The molecule has 0 saturated carbocycles. The molecule has 2 aliphatic heterocycles. The smallest absolute Gasteiger partial charge is 0.274 e. The zero-order valence-corrected chi connectivity index (χ0v) is 20.7. The fourth-order valence-electron chi connectivity index (χ4n) is 4.33. The highest BCUT2D eigenvalue weighted by atomic mass is 16.1. The van der Waals surface area contributed by atoms with Crippen LogP contribution in [0.3, 0.4) is 0 Å². The van der Waals surface area contributed by atoms with Gasteiger partial charge < -0.3 is 15.5 Å². The Morgan fingerprint density at radius 1 is 1.11 bits per heavy atom. The van der Waals surface area contributed by atoms with Gasteiger partial charge in [0.1, 0.15) is 17.3 Å². The van der Waals surface area contributed by atoms with E-state index in [1.807, 2.05) is 43.6 Å². The van der Waals surface area contributed by atoms with Crippen LogP contribution in [0.2, 0.25) is 0 Å². The Labute approximate surface area is 205 Å². The van der Waals surface area contributed by atoms with Crippen LogP contribution >= 0.6 is 0 Å². The predicted octanol–water partition coefficient (Wildman–Crippen LogP) is 4.54. The third-order valence-corrected chi connectivity index (χ3v) is 6.30. The quantitative estimate of drug-likeness (QED) is 0.585. The number of fused-ring (bicyclic) bond motifs is 3. The molecule has 3 aromatic rings. The molecule has 2 aromatic heterocycles. The van der Waals surface area contributed by atoms with E-state index in [4.69, 9.17) is 4.99 Å². The first kappa shape index (κ1) is 22.7. The highest BCUT2D eigenvalue weighted by Gasteiger charge is 2.31. The van der Waals surface area contributed by atoms with Crippen LogP contribution in [0, 0.1) is 6.92 Å². The summed E-state index contributed by atoms with van der Waals surface area (Å²) in [5.74, 6) is 2.10. The third kappa shape index (κ3) is 4.27. The summed E-state index contributed by atoms with van der Waals surface area (Å²) >= 11 is 0. The van der Waals surface area contributed by atoms with Crippen molar-refractivity contribution in [1.29, 1.82) is 0 Å². The number of aliphatic imine (C=N–C) groups is 1. The van der Waals surface area contributed by atoms with Crippen LogP contribution in [-0.4, -0.2) is 46.8 Å². The van der Waals surface area contributed by atoms with Crippen molar-refractivity contribution in [1.82, 2.24) is 15.0 Å². The lowest BCUT2D eigenvalue weighted by Gasteiger charge is -2.28. The van der Waals surface area contributed by atoms with E-state index < -0.39 is 0 Å². The average Bonchev–Trinajstić information content (AvgIpc) is 3.34. The fraction of sp³-hybridized carbons (Fsp3) is 0.296. The zero-order valence-electron chi connectivity index (χ0n) is 20.7. The lowest BCUT2D eigenvalue weighted by atomic mass is 9.87. The molecule has 1 aromatic carbocycles. The first-order chi connectivity index (χ1) is 16.7. The number of amides is 1. The van der Waals surface area contributed by atoms with Gasteiger partial charge in [-0.3, -0.25) is 14.8 Å². The van der Waals surface area contributed by atoms with E-state index >= 15 is 0 Å². The number of carbonyl (C=O) groups is 1. The van der Waals surface area contributed by atoms with E-state index in [1.165, 1.54) is 0 Å². The number of aryl methyl sites for hydroxylation is 1. The zero-order chi connectivity index (χ0) is 24.7. The first-order valence-corrected chi connectivity index (χ1v) is 11.7. The molecular weight excluding hydrogens is 438 g/mol. The van der Waals surface area contributed by atoms with Gasteiger partial charge >= 0.3 is 0 Å². The van der Waals surface area contributed by atoms with Crippen LogP contribution in [0.1, 0.15) is 53.5 Å². The Bertz CT molecular complexity index is 1380. The number of hydrogen-bond donors (Lipinski definition) is 2. The average molecular weight is 468 g/mol. The molecule has 4 heterocycles. The molecule has 0 spiro atoms. The van der Waals surface area contributed by atoms with Gasteiger partial charge in [0.15, 0.2) is 0 Å². The van der Waals surface area contributed by atoms with E-state index in [0.717, 1.165) is 46.0 Å². The van der Waals surface area contributed by atoms with Gasteiger partial charge in [-0.25, -0.2) is 4.98 Å². The minimum atomic E-state index is -0.235. The monoisotopic (exact) mass is 467 g/mol. The largest absolute Gasteiger partial charge is 0.357 e. The molecule has 0 aliphatic carbocycles. The normalized spacial score (nSPS) is 14.6. The molecule has 0 atom stereocenters. The number of hydrogen-bond acceptors (Lipinski definition) is 7. The topological polar surface area (TPSA) is 95.4 Å². The maximum absolute atomic E-state index is 13.0. The Hall–Kier alpha value is -4.07. The third-order valence-electron chi connectivity index (χ3n) is 6.30. The molecule has 8 nitrogen and oxygen atoms in total. The van der Waals surface area contributed by atoms with Crippen molar-refractivity contribution in [2.75, 3.05) is 35.7 Å². The number of nitrogens with one attached hydrogen (secondary N) is 2. The van der Waals surface area contributed by atoms with Gasteiger partial charge in [-0.15, -0.1) is 0 Å². The highest BCUT2D eigenvalue weighted by molar-refractivity contribution is 6.36. The van der Waals surface area contributed by atoms with Crippen molar-refractivity contribution < 1.29 is 4.79 Å². The van der Waals surface area contributed by atoms with Crippen molar-refractivity contribution in [3.8, 4) is 0 Å². The summed E-state index contributed by atoms with van der Waals surface area (Å²) in [5.41, 5.74) is 6.14. The van der Waals surface area contributed by atoms with Crippen LogP contribution in [0.15, 0.2) is 47.7 Å². The van der Waals surface area contributed by atoms with Crippen molar-refractivity contribution in [3.05, 3.63) is 70.7 Å². The Kier molecular flexibility index (Phi) is 5.59. The maximum Gasteiger partial charge on any atom is 0.274 e. The van der Waals surface area contributed by atoms with Gasteiger partial charge in [-0.1, -0.05) is 26.8 Å². The molecule has 0 unspecified atom stereocenters. The molecule has 5 rings (SSSR count). The molecule has 178 valence electrons. The highest BCUT2D eigenvalue weighted by Crippen LogP contribution is 2.37. The van der Waals surface area contributed by atoms with Crippen LogP contribution in [-0.2, 0) is 5.41 Å². The number of aromatic nitrogens is 3. The van der Waals surface area contributed by atoms with Crippen LogP contribution in [0.5, 0.6) is 0 Å². The molecule has 8 heteroatoms. The van der Waals surface area contributed by atoms with Crippen LogP contribution in [0.25, 0.3) is 11.6 Å². The number of pyridine rings is 1. The van der Waals surface area contributed by atoms with Crippen LogP contribution < -0.4 is 15.5 Å². The molecule has 0 saturated heterocycles. The molecular formula is C27H29N7O. The van der Waals surface area contributed by atoms with Crippen LogP contribution in [0.4, 0.5) is 17.5 Å². The summed E-state index contributed by atoms with van der Waals surface area (Å²) in [6, 6.07) is 9.74. The van der Waals surface area contributed by atoms with E-state index in [1.54, 1.807) is 6.20 Å². The number of benzene rings is 1. The molecule has 2 N–H and O–H groups in total. The molecule has 1 amide bonds. The van der Waals surface area contributed by atoms with Gasteiger partial charge in [0.2, 0.25) is 5.95 Å².